The van der Waals surface area contributed by atoms with Crippen molar-refractivity contribution in [2.45, 2.75) is 19.2 Å². The minimum Gasteiger partial charge on any atom is -0.212 e. The molecule has 1 N–H and O–H groups in total. The number of nitrogens with one attached hydrogen (secondary N) is 1. The lowest BCUT2D eigenvalue weighted by Crippen LogP contribution is -2.25. The second-order valence-electron chi connectivity index (χ2n) is 4.63. The van der Waals surface area contributed by atoms with Gasteiger partial charge in [-0.15, -0.1) is 0 Å². The van der Waals surface area contributed by atoms with Crippen LogP contribution >= 0.6 is 11.6 Å². The largest absolute Gasteiger partial charge is 0.216 e. The molecule has 0 unspecified atom stereocenters. The van der Waals surface area contributed by atoms with Crippen molar-refractivity contribution in [3.8, 4) is 0 Å². The zero-order valence-corrected chi connectivity index (χ0v) is 12.7. The van der Waals surface area contributed by atoms with Crippen LogP contribution in [-0.4, -0.2) is 8.42 Å². The van der Waals surface area contributed by atoms with Gasteiger partial charge in [-0.05, 0) is 35.7 Å². The predicted octanol–water partition coefficient (Wildman–Crippen LogP) is 3.27. The van der Waals surface area contributed by atoms with Crippen molar-refractivity contribution in [3.63, 3.8) is 0 Å². The first-order valence-corrected chi connectivity index (χ1v) is 8.25. The van der Waals surface area contributed by atoms with Crippen molar-refractivity contribution >= 4 is 21.6 Å². The lowest BCUT2D eigenvalue weighted by atomic mass is 10.1. The molecule has 106 valence electrons. The van der Waals surface area contributed by atoms with E-state index < -0.39 is 10.0 Å². The van der Waals surface area contributed by atoms with Crippen LogP contribution in [0.4, 0.5) is 0 Å². The Morgan fingerprint density at radius 2 is 1.70 bits per heavy atom. The molecule has 0 amide bonds. The topological polar surface area (TPSA) is 46.2 Å². The number of aryl methyl sites for hydroxylation is 1. The molecule has 0 spiro atoms. The van der Waals surface area contributed by atoms with E-state index in [0.29, 0.717) is 17.1 Å². The van der Waals surface area contributed by atoms with E-state index in [4.69, 9.17) is 11.6 Å². The fraction of sp³-hybridized carbons (Fsp3) is 0.200. The summed E-state index contributed by atoms with van der Waals surface area (Å²) < 4.78 is 26.7. The van der Waals surface area contributed by atoms with Gasteiger partial charge < -0.3 is 0 Å². The van der Waals surface area contributed by atoms with Crippen LogP contribution in [0.1, 0.15) is 16.7 Å². The third-order valence-electron chi connectivity index (χ3n) is 3.01. The van der Waals surface area contributed by atoms with Gasteiger partial charge in [-0.25, -0.2) is 13.1 Å². The Morgan fingerprint density at radius 3 is 2.35 bits per heavy atom. The summed E-state index contributed by atoms with van der Waals surface area (Å²) >= 11 is 5.78. The number of hydrogen-bond donors (Lipinski definition) is 1. The highest BCUT2D eigenvalue weighted by Crippen LogP contribution is 2.12. The Morgan fingerprint density at radius 1 is 1.05 bits per heavy atom. The summed E-state index contributed by atoms with van der Waals surface area (Å²) in [4.78, 5) is 0. The summed E-state index contributed by atoms with van der Waals surface area (Å²) in [5.41, 5.74) is 2.76. The Bertz CT molecular complexity index is 681. The van der Waals surface area contributed by atoms with Crippen molar-refractivity contribution < 1.29 is 8.42 Å². The van der Waals surface area contributed by atoms with Crippen LogP contribution in [0.15, 0.2) is 48.5 Å². The van der Waals surface area contributed by atoms with Crippen LogP contribution in [0.5, 0.6) is 0 Å². The van der Waals surface area contributed by atoms with E-state index in [0.717, 1.165) is 11.1 Å². The molecule has 0 heterocycles. The minimum atomic E-state index is -3.36. The van der Waals surface area contributed by atoms with E-state index in [1.165, 1.54) is 0 Å². The molecular formula is C15H16ClNO2S. The maximum absolute atomic E-state index is 12.0. The summed E-state index contributed by atoms with van der Waals surface area (Å²) in [6.45, 7) is 2.27. The molecule has 5 heteroatoms. The quantitative estimate of drug-likeness (QED) is 0.921. The molecule has 0 bridgehead atoms. The van der Waals surface area contributed by atoms with Crippen LogP contribution < -0.4 is 4.72 Å². The zero-order chi connectivity index (χ0) is 14.6. The van der Waals surface area contributed by atoms with Gasteiger partial charge in [0.15, 0.2) is 0 Å². The molecule has 0 aliphatic heterocycles. The van der Waals surface area contributed by atoms with E-state index in [1.54, 1.807) is 24.3 Å². The van der Waals surface area contributed by atoms with Gasteiger partial charge in [0, 0.05) is 11.6 Å². The van der Waals surface area contributed by atoms with E-state index in [1.807, 2.05) is 31.2 Å². The Kier molecular flexibility index (Phi) is 4.81. The van der Waals surface area contributed by atoms with Gasteiger partial charge in [0.25, 0.3) is 0 Å². The summed E-state index contributed by atoms with van der Waals surface area (Å²) in [7, 11) is -3.36. The molecule has 0 aromatic heterocycles. The molecule has 0 saturated heterocycles. The normalized spacial score (nSPS) is 11.5. The second kappa shape index (κ2) is 6.39. The van der Waals surface area contributed by atoms with Crippen LogP contribution in [0.3, 0.4) is 0 Å². The van der Waals surface area contributed by atoms with Gasteiger partial charge >= 0.3 is 0 Å². The van der Waals surface area contributed by atoms with Crippen molar-refractivity contribution in [1.82, 2.24) is 4.72 Å². The van der Waals surface area contributed by atoms with Crippen molar-refractivity contribution in [1.29, 1.82) is 0 Å². The van der Waals surface area contributed by atoms with Gasteiger partial charge in [0.2, 0.25) is 10.0 Å². The van der Waals surface area contributed by atoms with Crippen molar-refractivity contribution in [2.75, 3.05) is 0 Å². The van der Waals surface area contributed by atoms with Gasteiger partial charge in [-0.1, -0.05) is 48.0 Å². The Labute approximate surface area is 124 Å². The molecular weight excluding hydrogens is 294 g/mol. The first-order valence-electron chi connectivity index (χ1n) is 6.22. The van der Waals surface area contributed by atoms with Crippen LogP contribution in [0, 0.1) is 6.92 Å². The van der Waals surface area contributed by atoms with Crippen LogP contribution in [-0.2, 0) is 22.3 Å². The van der Waals surface area contributed by atoms with Gasteiger partial charge in [-0.3, -0.25) is 0 Å². The smallest absolute Gasteiger partial charge is 0.212 e. The third kappa shape index (κ3) is 4.34. The monoisotopic (exact) mass is 309 g/mol. The van der Waals surface area contributed by atoms with Gasteiger partial charge in [0.05, 0.1) is 5.75 Å². The average Bonchev–Trinajstić information content (AvgIpc) is 2.40. The molecule has 0 fully saturated rings. The van der Waals surface area contributed by atoms with E-state index in [-0.39, 0.29) is 5.75 Å². The van der Waals surface area contributed by atoms with E-state index >= 15 is 0 Å². The molecule has 0 saturated carbocycles. The predicted molar refractivity (Wildman–Crippen MR) is 82.1 cm³/mol. The highest BCUT2D eigenvalue weighted by atomic mass is 35.5. The molecule has 2 rings (SSSR count). The standard InChI is InChI=1S/C15H16ClNO2S/c1-12-4-2-3-5-14(12)10-17-20(18,19)11-13-6-8-15(16)9-7-13/h2-9,17H,10-11H2,1H3. The summed E-state index contributed by atoms with van der Waals surface area (Å²) in [6.07, 6.45) is 0. The average molecular weight is 310 g/mol. The van der Waals surface area contributed by atoms with Crippen molar-refractivity contribution in [2.24, 2.45) is 0 Å². The summed E-state index contributed by atoms with van der Waals surface area (Å²) in [5.74, 6) is -0.0456. The molecule has 3 nitrogen and oxygen atoms in total. The number of hydrogen-bond acceptors (Lipinski definition) is 2. The highest BCUT2D eigenvalue weighted by Gasteiger charge is 2.11. The number of benzene rings is 2. The van der Waals surface area contributed by atoms with Gasteiger partial charge in [0.1, 0.15) is 0 Å². The lowest BCUT2D eigenvalue weighted by molar-refractivity contribution is 0.580. The third-order valence-corrected chi connectivity index (χ3v) is 4.56. The number of sulfonamides is 1. The van der Waals surface area contributed by atoms with Crippen LogP contribution in [0.25, 0.3) is 0 Å². The summed E-state index contributed by atoms with van der Waals surface area (Å²) in [6, 6.07) is 14.5. The SMILES string of the molecule is Cc1ccccc1CNS(=O)(=O)Cc1ccc(Cl)cc1. The Balaban J connectivity index is 2.01. The maximum Gasteiger partial charge on any atom is 0.216 e. The fourth-order valence-electron chi connectivity index (χ4n) is 1.85. The fourth-order valence-corrected chi connectivity index (χ4v) is 3.08. The van der Waals surface area contributed by atoms with E-state index in [9.17, 15) is 8.42 Å². The molecule has 2 aromatic carbocycles. The molecule has 0 aliphatic rings. The minimum absolute atomic E-state index is 0.0456. The summed E-state index contributed by atoms with van der Waals surface area (Å²) in [5, 5.41) is 0.596. The van der Waals surface area contributed by atoms with Gasteiger partial charge in [-0.2, -0.15) is 0 Å². The van der Waals surface area contributed by atoms with Crippen molar-refractivity contribution in [3.05, 3.63) is 70.2 Å². The first-order chi connectivity index (χ1) is 9.46. The highest BCUT2D eigenvalue weighted by molar-refractivity contribution is 7.88. The molecule has 2 aromatic rings. The molecule has 0 atom stereocenters. The maximum atomic E-state index is 12.0. The Hall–Kier alpha value is -1.36. The molecule has 0 radical (unpaired) electrons. The number of halogens is 1. The van der Waals surface area contributed by atoms with E-state index in [2.05, 4.69) is 4.72 Å². The zero-order valence-electron chi connectivity index (χ0n) is 11.1. The van der Waals surface area contributed by atoms with Crippen LogP contribution in [0.2, 0.25) is 5.02 Å². The second-order valence-corrected chi connectivity index (χ2v) is 6.88. The lowest BCUT2D eigenvalue weighted by Gasteiger charge is -2.09. The molecule has 20 heavy (non-hydrogen) atoms. The number of rotatable bonds is 5. The first kappa shape index (κ1) is 15.0. The molecule has 0 aliphatic carbocycles.